The Kier molecular flexibility index (Phi) is 5.20. The second-order valence-corrected chi connectivity index (χ2v) is 7.04. The first kappa shape index (κ1) is 18.0. The molecule has 2 fully saturated rings. The maximum atomic E-state index is 13.3. The van der Waals surface area contributed by atoms with Crippen LogP contribution in [0.1, 0.15) is 18.4 Å². The summed E-state index contributed by atoms with van der Waals surface area (Å²) in [4.78, 5) is 20.1. The highest BCUT2D eigenvalue weighted by atomic mass is 79.9. The molecule has 2 saturated heterocycles. The summed E-state index contributed by atoms with van der Waals surface area (Å²) in [7, 11) is 0. The standard InChI is InChI=1S/C16H17BrF2N4O2/c17-12-7-11(8-20)14(21-9-12)23-5-6-25-13(10-23)15(24)22-3-1-16(18,19)2-4-22/h7,9,13H,1-6,10H2. The summed E-state index contributed by atoms with van der Waals surface area (Å²) in [6.45, 7) is 1.13. The molecule has 0 bridgehead atoms. The van der Waals surface area contributed by atoms with Crippen LogP contribution >= 0.6 is 15.9 Å². The fourth-order valence-electron chi connectivity index (χ4n) is 3.02. The van der Waals surface area contributed by atoms with Crippen molar-refractivity contribution in [3.63, 3.8) is 0 Å². The van der Waals surface area contributed by atoms with Crippen molar-refractivity contribution < 1.29 is 18.3 Å². The summed E-state index contributed by atoms with van der Waals surface area (Å²) in [5, 5.41) is 9.29. The van der Waals surface area contributed by atoms with Gasteiger partial charge in [-0.3, -0.25) is 4.79 Å². The minimum atomic E-state index is -2.70. The highest BCUT2D eigenvalue weighted by Gasteiger charge is 2.38. The van der Waals surface area contributed by atoms with E-state index >= 15 is 0 Å². The fraction of sp³-hybridized carbons (Fsp3) is 0.562. The molecule has 25 heavy (non-hydrogen) atoms. The Morgan fingerprint density at radius 3 is 2.80 bits per heavy atom. The molecule has 0 aliphatic carbocycles. The molecule has 1 aromatic heterocycles. The van der Waals surface area contributed by atoms with Crippen molar-refractivity contribution in [1.29, 1.82) is 5.26 Å². The van der Waals surface area contributed by atoms with Crippen molar-refractivity contribution >= 4 is 27.7 Å². The fourth-order valence-corrected chi connectivity index (χ4v) is 3.35. The van der Waals surface area contributed by atoms with E-state index in [1.807, 2.05) is 4.90 Å². The molecule has 0 N–H and O–H groups in total. The highest BCUT2D eigenvalue weighted by molar-refractivity contribution is 9.10. The van der Waals surface area contributed by atoms with Crippen molar-refractivity contribution in [2.75, 3.05) is 37.7 Å². The van der Waals surface area contributed by atoms with Crippen LogP contribution in [-0.2, 0) is 9.53 Å². The molecular formula is C16H17BrF2N4O2. The van der Waals surface area contributed by atoms with E-state index < -0.39 is 12.0 Å². The zero-order chi connectivity index (χ0) is 18.0. The molecule has 2 aliphatic heterocycles. The van der Waals surface area contributed by atoms with Crippen LogP contribution in [-0.4, -0.2) is 60.6 Å². The molecule has 0 radical (unpaired) electrons. The van der Waals surface area contributed by atoms with Crippen LogP contribution in [0.15, 0.2) is 16.7 Å². The molecule has 0 aromatic carbocycles. The van der Waals surface area contributed by atoms with Gasteiger partial charge in [-0.2, -0.15) is 5.26 Å². The van der Waals surface area contributed by atoms with E-state index in [9.17, 15) is 18.8 Å². The van der Waals surface area contributed by atoms with Gasteiger partial charge < -0.3 is 14.5 Å². The molecule has 2 aliphatic rings. The van der Waals surface area contributed by atoms with E-state index in [1.54, 1.807) is 12.3 Å². The number of carbonyl (C=O) groups is 1. The highest BCUT2D eigenvalue weighted by Crippen LogP contribution is 2.29. The molecule has 9 heteroatoms. The van der Waals surface area contributed by atoms with Gasteiger partial charge in [0.15, 0.2) is 6.10 Å². The average Bonchev–Trinajstić information content (AvgIpc) is 2.61. The number of anilines is 1. The number of likely N-dealkylation sites (tertiary alicyclic amines) is 1. The summed E-state index contributed by atoms with van der Waals surface area (Å²) in [6, 6.07) is 3.76. The molecule has 3 heterocycles. The quantitative estimate of drug-likeness (QED) is 0.741. The number of nitrogens with zero attached hydrogens (tertiary/aromatic N) is 4. The smallest absolute Gasteiger partial charge is 0.253 e. The van der Waals surface area contributed by atoms with Gasteiger partial charge in [0.25, 0.3) is 11.8 Å². The van der Waals surface area contributed by atoms with Crippen LogP contribution in [0.4, 0.5) is 14.6 Å². The Morgan fingerprint density at radius 1 is 1.40 bits per heavy atom. The lowest BCUT2D eigenvalue weighted by molar-refractivity contribution is -0.150. The van der Waals surface area contributed by atoms with Gasteiger partial charge in [0.2, 0.25) is 0 Å². The third-order valence-corrected chi connectivity index (χ3v) is 4.84. The second kappa shape index (κ2) is 7.22. The normalized spacial score (nSPS) is 23.2. The summed E-state index contributed by atoms with van der Waals surface area (Å²) >= 11 is 3.28. The lowest BCUT2D eigenvalue weighted by Gasteiger charge is -2.38. The van der Waals surface area contributed by atoms with Crippen molar-refractivity contribution in [3.05, 3.63) is 22.3 Å². The monoisotopic (exact) mass is 414 g/mol. The molecule has 6 nitrogen and oxygen atoms in total. The maximum absolute atomic E-state index is 13.3. The van der Waals surface area contributed by atoms with Crippen molar-refractivity contribution in [3.8, 4) is 6.07 Å². The number of piperidine rings is 1. The molecule has 1 unspecified atom stereocenters. The molecular weight excluding hydrogens is 398 g/mol. The van der Waals surface area contributed by atoms with Crippen molar-refractivity contribution in [2.24, 2.45) is 0 Å². The Bertz CT molecular complexity index is 700. The number of halogens is 3. The predicted molar refractivity (Wildman–Crippen MR) is 89.4 cm³/mol. The summed E-state index contributed by atoms with van der Waals surface area (Å²) < 4.78 is 32.8. The summed E-state index contributed by atoms with van der Waals surface area (Å²) in [5.74, 6) is -2.48. The number of hydrogen-bond acceptors (Lipinski definition) is 5. The van der Waals surface area contributed by atoms with Gasteiger partial charge in [-0.25, -0.2) is 13.8 Å². The van der Waals surface area contributed by atoms with Crippen LogP contribution < -0.4 is 4.90 Å². The number of nitriles is 1. The van der Waals surface area contributed by atoms with E-state index in [2.05, 4.69) is 27.0 Å². The lowest BCUT2D eigenvalue weighted by Crippen LogP contribution is -2.53. The molecule has 0 saturated carbocycles. The number of alkyl halides is 2. The molecule has 1 aromatic rings. The molecule has 1 atom stereocenters. The van der Waals surface area contributed by atoms with Gasteiger partial charge >= 0.3 is 0 Å². The van der Waals surface area contributed by atoms with Crippen molar-refractivity contribution in [1.82, 2.24) is 9.88 Å². The molecule has 0 spiro atoms. The number of ether oxygens (including phenoxy) is 1. The lowest BCUT2D eigenvalue weighted by atomic mass is 10.1. The van der Waals surface area contributed by atoms with E-state index in [0.717, 1.165) is 0 Å². The predicted octanol–water partition coefficient (Wildman–Crippen LogP) is 2.18. The van der Waals surface area contributed by atoms with Gasteiger partial charge in [-0.15, -0.1) is 0 Å². The van der Waals surface area contributed by atoms with E-state index in [0.29, 0.717) is 29.0 Å². The molecule has 1 amide bonds. The van der Waals surface area contributed by atoms with Gasteiger partial charge in [-0.05, 0) is 22.0 Å². The Morgan fingerprint density at radius 2 is 2.12 bits per heavy atom. The average molecular weight is 415 g/mol. The number of hydrogen-bond donors (Lipinski definition) is 0. The topological polar surface area (TPSA) is 69.5 Å². The number of pyridine rings is 1. The van der Waals surface area contributed by atoms with E-state index in [1.165, 1.54) is 4.90 Å². The third kappa shape index (κ3) is 4.07. The summed E-state index contributed by atoms with van der Waals surface area (Å²) in [5.41, 5.74) is 0.403. The van der Waals surface area contributed by atoms with Crippen molar-refractivity contribution in [2.45, 2.75) is 24.9 Å². The van der Waals surface area contributed by atoms with Crippen LogP contribution in [0.3, 0.4) is 0 Å². The van der Waals surface area contributed by atoms with Gasteiger partial charge in [0, 0.05) is 43.1 Å². The van der Waals surface area contributed by atoms with Crippen LogP contribution in [0.25, 0.3) is 0 Å². The first-order valence-electron chi connectivity index (χ1n) is 7.98. The number of amides is 1. The first-order chi connectivity index (χ1) is 11.9. The van der Waals surface area contributed by atoms with Gasteiger partial charge in [0.1, 0.15) is 11.9 Å². The van der Waals surface area contributed by atoms with Crippen LogP contribution in [0, 0.1) is 11.3 Å². The number of morpholine rings is 1. The van der Waals surface area contributed by atoms with Crippen LogP contribution in [0.2, 0.25) is 0 Å². The number of rotatable bonds is 2. The minimum Gasteiger partial charge on any atom is -0.365 e. The first-order valence-corrected chi connectivity index (χ1v) is 8.78. The third-order valence-electron chi connectivity index (χ3n) is 4.40. The van der Waals surface area contributed by atoms with E-state index in [-0.39, 0.29) is 38.4 Å². The maximum Gasteiger partial charge on any atom is 0.253 e. The second-order valence-electron chi connectivity index (χ2n) is 6.12. The van der Waals surface area contributed by atoms with E-state index in [4.69, 9.17) is 4.74 Å². The molecule has 3 rings (SSSR count). The largest absolute Gasteiger partial charge is 0.365 e. The number of aromatic nitrogens is 1. The Hall–Kier alpha value is -1.79. The molecule has 134 valence electrons. The summed E-state index contributed by atoms with van der Waals surface area (Å²) in [6.07, 6.45) is 0.219. The SMILES string of the molecule is N#Cc1cc(Br)cnc1N1CCOC(C(=O)N2CCC(F)(F)CC2)C1. The number of carbonyl (C=O) groups excluding carboxylic acids is 1. The van der Waals surface area contributed by atoms with Gasteiger partial charge in [-0.1, -0.05) is 0 Å². The van der Waals surface area contributed by atoms with Crippen LogP contribution in [0.5, 0.6) is 0 Å². The Balaban J connectivity index is 1.69. The zero-order valence-corrected chi connectivity index (χ0v) is 15.0. The zero-order valence-electron chi connectivity index (χ0n) is 13.4. The Labute approximate surface area is 152 Å². The minimum absolute atomic E-state index is 0.0334. The van der Waals surface area contributed by atoms with Gasteiger partial charge in [0.05, 0.1) is 18.7 Å².